The summed E-state index contributed by atoms with van der Waals surface area (Å²) in [5.74, 6) is 0.182. The minimum Gasteiger partial charge on any atom is -0.270 e. The number of benzene rings is 2. The van der Waals surface area contributed by atoms with Crippen LogP contribution in [0.3, 0.4) is 0 Å². The maximum atomic E-state index is 9.31. The lowest BCUT2D eigenvalue weighted by Gasteiger charge is -2.12. The summed E-state index contributed by atoms with van der Waals surface area (Å²) in [6.45, 7) is 0. The van der Waals surface area contributed by atoms with Crippen LogP contribution in [0, 0.1) is 11.3 Å². The van der Waals surface area contributed by atoms with E-state index in [-0.39, 0.29) is 12.0 Å². The molecule has 0 fully saturated rings. The van der Waals surface area contributed by atoms with Crippen molar-refractivity contribution in [2.45, 2.75) is 18.4 Å². The number of aliphatic imine (C=N–C) groups is 1. The minimum atomic E-state index is -0.266. The molecule has 0 aliphatic carbocycles. The topological polar surface area (TPSA) is 36.1 Å². The van der Waals surface area contributed by atoms with Gasteiger partial charge in [0.2, 0.25) is 0 Å². The number of hydrogen-bond donors (Lipinski definition) is 0. The van der Waals surface area contributed by atoms with Crippen molar-refractivity contribution >= 4 is 5.71 Å². The Balaban J connectivity index is 1.91. The number of nitrogens with zero attached hydrogens (tertiary/aromatic N) is 2. The molecule has 0 saturated heterocycles. The van der Waals surface area contributed by atoms with Gasteiger partial charge < -0.3 is 0 Å². The second kappa shape index (κ2) is 5.07. The van der Waals surface area contributed by atoms with Crippen LogP contribution in [0.2, 0.25) is 0 Å². The third-order valence-electron chi connectivity index (χ3n) is 3.56. The Morgan fingerprint density at radius 2 is 1.58 bits per heavy atom. The largest absolute Gasteiger partial charge is 0.270 e. The van der Waals surface area contributed by atoms with Crippen LogP contribution in [0.15, 0.2) is 65.7 Å². The highest BCUT2D eigenvalue weighted by atomic mass is 14.8. The Hall–Kier alpha value is -2.40. The van der Waals surface area contributed by atoms with Gasteiger partial charge >= 0.3 is 0 Å². The molecule has 0 saturated carbocycles. The second-order valence-electron chi connectivity index (χ2n) is 4.74. The van der Waals surface area contributed by atoms with Crippen LogP contribution in [0.4, 0.5) is 0 Å². The molecule has 92 valence electrons. The van der Waals surface area contributed by atoms with Gasteiger partial charge in [-0.1, -0.05) is 60.7 Å². The Kier molecular flexibility index (Phi) is 3.12. The average molecular weight is 246 g/mol. The van der Waals surface area contributed by atoms with Crippen molar-refractivity contribution < 1.29 is 0 Å². The molecule has 2 atom stereocenters. The summed E-state index contributed by atoms with van der Waals surface area (Å²) < 4.78 is 0. The van der Waals surface area contributed by atoms with E-state index in [1.807, 2.05) is 36.4 Å². The first-order valence-electron chi connectivity index (χ1n) is 6.45. The van der Waals surface area contributed by atoms with Crippen LogP contribution >= 0.6 is 0 Å². The number of rotatable bonds is 2. The summed E-state index contributed by atoms with van der Waals surface area (Å²) in [4.78, 5) is 4.59. The molecule has 2 nitrogen and oxygen atoms in total. The zero-order valence-corrected chi connectivity index (χ0v) is 10.5. The van der Waals surface area contributed by atoms with E-state index >= 15 is 0 Å². The normalized spacial score (nSPS) is 21.7. The maximum absolute atomic E-state index is 9.31. The lowest BCUT2D eigenvalue weighted by atomic mass is 9.90. The van der Waals surface area contributed by atoms with Crippen LogP contribution < -0.4 is 0 Å². The van der Waals surface area contributed by atoms with Gasteiger partial charge in [0, 0.05) is 11.6 Å². The fourth-order valence-corrected chi connectivity index (χ4v) is 2.57. The maximum Gasteiger partial charge on any atom is 0.144 e. The van der Waals surface area contributed by atoms with Crippen LogP contribution in [0.25, 0.3) is 0 Å². The molecule has 3 rings (SSSR count). The zero-order chi connectivity index (χ0) is 13.1. The van der Waals surface area contributed by atoms with Gasteiger partial charge in [-0.2, -0.15) is 5.26 Å². The first kappa shape index (κ1) is 11.7. The van der Waals surface area contributed by atoms with Gasteiger partial charge in [0.15, 0.2) is 0 Å². The van der Waals surface area contributed by atoms with Crippen molar-refractivity contribution in [2.24, 2.45) is 4.99 Å². The molecule has 0 bridgehead atoms. The minimum absolute atomic E-state index is 0.182. The van der Waals surface area contributed by atoms with Gasteiger partial charge in [-0.05, 0) is 17.5 Å². The number of nitriles is 1. The predicted molar refractivity (Wildman–Crippen MR) is 76.2 cm³/mol. The van der Waals surface area contributed by atoms with Crippen LogP contribution in [0.5, 0.6) is 0 Å². The van der Waals surface area contributed by atoms with Crippen molar-refractivity contribution in [1.82, 2.24) is 0 Å². The molecule has 0 unspecified atom stereocenters. The van der Waals surface area contributed by atoms with Crippen molar-refractivity contribution in [1.29, 1.82) is 5.26 Å². The zero-order valence-electron chi connectivity index (χ0n) is 10.5. The van der Waals surface area contributed by atoms with Crippen molar-refractivity contribution in [3.63, 3.8) is 0 Å². The van der Waals surface area contributed by atoms with Gasteiger partial charge in [-0.15, -0.1) is 0 Å². The van der Waals surface area contributed by atoms with E-state index < -0.39 is 0 Å². The van der Waals surface area contributed by atoms with E-state index in [2.05, 4.69) is 35.3 Å². The van der Waals surface area contributed by atoms with E-state index in [1.165, 1.54) is 5.56 Å². The fourth-order valence-electron chi connectivity index (χ4n) is 2.57. The van der Waals surface area contributed by atoms with Crippen molar-refractivity contribution in [3.05, 3.63) is 71.8 Å². The van der Waals surface area contributed by atoms with Gasteiger partial charge in [-0.25, -0.2) is 0 Å². The molecule has 0 aromatic heterocycles. The van der Waals surface area contributed by atoms with Crippen LogP contribution in [-0.4, -0.2) is 11.8 Å². The molecule has 19 heavy (non-hydrogen) atoms. The first-order valence-corrected chi connectivity index (χ1v) is 6.45. The van der Waals surface area contributed by atoms with Crippen LogP contribution in [-0.2, 0) is 0 Å². The first-order chi connectivity index (χ1) is 9.38. The highest BCUT2D eigenvalue weighted by molar-refractivity contribution is 6.02. The fraction of sp³-hybridized carbons (Fsp3) is 0.176. The summed E-state index contributed by atoms with van der Waals surface area (Å²) in [6.07, 6.45) is 0.840. The Morgan fingerprint density at radius 1 is 0.947 bits per heavy atom. The molecule has 2 aromatic rings. The molecule has 0 N–H and O–H groups in total. The summed E-state index contributed by atoms with van der Waals surface area (Å²) >= 11 is 0. The van der Waals surface area contributed by atoms with Gasteiger partial charge in [0.05, 0.1) is 6.07 Å². The standard InChI is InChI=1S/C17H14N2/c18-12-17-15(13-7-3-1-4-8-13)11-16(19-17)14-9-5-2-6-10-14/h1-10,15,17H,11H2/t15-,17+/m1/s1. The molecule has 2 heteroatoms. The lowest BCUT2D eigenvalue weighted by molar-refractivity contribution is 0.687. The van der Waals surface area contributed by atoms with E-state index in [9.17, 15) is 5.26 Å². The molecule has 0 spiro atoms. The van der Waals surface area contributed by atoms with Crippen molar-refractivity contribution in [3.8, 4) is 6.07 Å². The lowest BCUT2D eigenvalue weighted by Crippen LogP contribution is -2.09. The third kappa shape index (κ3) is 2.28. The van der Waals surface area contributed by atoms with Crippen LogP contribution in [0.1, 0.15) is 23.5 Å². The van der Waals surface area contributed by atoms with Crippen molar-refractivity contribution in [2.75, 3.05) is 0 Å². The SMILES string of the molecule is N#C[C@@H]1N=C(c2ccccc2)C[C@@H]1c1ccccc1. The summed E-state index contributed by atoms with van der Waals surface area (Å²) in [7, 11) is 0. The van der Waals surface area contributed by atoms with E-state index in [0.717, 1.165) is 17.7 Å². The smallest absolute Gasteiger partial charge is 0.144 e. The highest BCUT2D eigenvalue weighted by Crippen LogP contribution is 2.33. The Labute approximate surface area is 113 Å². The summed E-state index contributed by atoms with van der Waals surface area (Å²) in [5.41, 5.74) is 3.37. The second-order valence-corrected chi connectivity index (χ2v) is 4.74. The molecular formula is C17H14N2. The quantitative estimate of drug-likeness (QED) is 0.798. The highest BCUT2D eigenvalue weighted by Gasteiger charge is 2.30. The van der Waals surface area contributed by atoms with E-state index in [1.54, 1.807) is 0 Å². The monoisotopic (exact) mass is 246 g/mol. The molecule has 2 aromatic carbocycles. The summed E-state index contributed by atoms with van der Waals surface area (Å²) in [6, 6.07) is 22.4. The van der Waals surface area contributed by atoms with Gasteiger partial charge in [-0.3, -0.25) is 4.99 Å². The molecule has 1 aliphatic heterocycles. The predicted octanol–water partition coefficient (Wildman–Crippen LogP) is 3.56. The molecular weight excluding hydrogens is 232 g/mol. The average Bonchev–Trinajstić information content (AvgIpc) is 2.93. The number of hydrogen-bond acceptors (Lipinski definition) is 2. The summed E-state index contributed by atoms with van der Waals surface area (Å²) in [5, 5.41) is 9.31. The molecule has 0 radical (unpaired) electrons. The van der Waals surface area contributed by atoms with E-state index in [4.69, 9.17) is 0 Å². The van der Waals surface area contributed by atoms with E-state index in [0.29, 0.717) is 0 Å². The molecule has 1 heterocycles. The van der Waals surface area contributed by atoms with Gasteiger partial charge in [0.25, 0.3) is 0 Å². The molecule has 0 amide bonds. The van der Waals surface area contributed by atoms with Gasteiger partial charge in [0.1, 0.15) is 6.04 Å². The molecule has 1 aliphatic rings. The Morgan fingerprint density at radius 3 is 2.21 bits per heavy atom. The third-order valence-corrected chi connectivity index (χ3v) is 3.56. The Bertz CT molecular complexity index is 623.